The molecule has 228 valence electrons. The molecule has 0 atom stereocenters. The summed E-state index contributed by atoms with van der Waals surface area (Å²) in [5.74, 6) is 0. The quantitative estimate of drug-likeness (QED) is 0.257. The molecule has 0 N–H and O–H groups in total. The van der Waals surface area contributed by atoms with E-state index < -0.39 is 0 Å². The van der Waals surface area contributed by atoms with E-state index in [2.05, 4.69) is 90.1 Å². The van der Waals surface area contributed by atoms with Gasteiger partial charge in [-0.3, -0.25) is 6.08 Å². The Morgan fingerprint density at radius 3 is 1.76 bits per heavy atom. The van der Waals surface area contributed by atoms with Crippen LogP contribution < -0.4 is 24.8 Å². The molecule has 2 aromatic rings. The molecule has 42 heavy (non-hydrogen) atoms. The first kappa shape index (κ1) is 37.8. The molecule has 4 aliphatic carbocycles. The van der Waals surface area contributed by atoms with Gasteiger partial charge in [-0.2, -0.15) is 29.8 Å². The second-order valence-corrected chi connectivity index (χ2v) is 21.2. The molecule has 6 rings (SSSR count). The second kappa shape index (κ2) is 17.3. The number of rotatable bonds is 2. The van der Waals surface area contributed by atoms with E-state index in [9.17, 15) is 0 Å². The van der Waals surface area contributed by atoms with Crippen LogP contribution in [0.1, 0.15) is 134 Å². The summed E-state index contributed by atoms with van der Waals surface area (Å²) in [5.41, 5.74) is 11.3. The molecule has 0 amide bonds. The molecule has 4 heteroatoms. The topological polar surface area (TPSA) is 0 Å². The number of hydrogen-bond donors (Lipinski definition) is 0. The average molecular weight is 699 g/mol. The third kappa shape index (κ3) is 10.6. The summed E-state index contributed by atoms with van der Waals surface area (Å²) in [6.07, 6.45) is 26.7. The molecule has 0 saturated heterocycles. The van der Waals surface area contributed by atoms with E-state index in [0.717, 1.165) is 12.8 Å². The Balaban J connectivity index is 0.000000253. The van der Waals surface area contributed by atoms with Crippen LogP contribution in [0.5, 0.6) is 0 Å². The van der Waals surface area contributed by atoms with Gasteiger partial charge < -0.3 is 24.8 Å². The van der Waals surface area contributed by atoms with Crippen LogP contribution in [0.4, 0.5) is 0 Å². The fourth-order valence-electron chi connectivity index (χ4n) is 6.53. The van der Waals surface area contributed by atoms with Crippen molar-refractivity contribution in [1.82, 2.24) is 0 Å². The average Bonchev–Trinajstić information content (AvgIpc) is 3.64. The van der Waals surface area contributed by atoms with Crippen molar-refractivity contribution < 1.29 is 48.1 Å². The molecule has 2 saturated carbocycles. The first-order chi connectivity index (χ1) is 19.0. The van der Waals surface area contributed by atoms with E-state index >= 15 is 0 Å². The molecule has 2 aromatic carbocycles. The molecular weight excluding hydrogens is 647 g/mol. The minimum absolute atomic E-state index is 0. The number of fused-ring (bicyclic) bond motifs is 3. The SMILES string of the molecule is CC(C)(C)c1[c-]c2c(cc1)-c1ccc(C(C)(C)C)cc1C2.[C-]1=CC=CC1.[Cl-].[Cl-].[Zr+2]=[Si](C1CCCCC1)C1CCCCC1. The Hall–Kier alpha value is -0.400. The Morgan fingerprint density at radius 2 is 1.31 bits per heavy atom. The van der Waals surface area contributed by atoms with Crippen molar-refractivity contribution in [2.24, 2.45) is 0 Å². The van der Waals surface area contributed by atoms with Gasteiger partial charge in [0.25, 0.3) is 0 Å². The monoisotopic (exact) mass is 696 g/mol. The van der Waals surface area contributed by atoms with Crippen LogP contribution in [0.15, 0.2) is 48.6 Å². The molecule has 0 aromatic heterocycles. The molecule has 0 spiro atoms. The van der Waals surface area contributed by atoms with Crippen molar-refractivity contribution in [3.63, 3.8) is 0 Å². The molecule has 2 fully saturated rings. The molecule has 0 nitrogen and oxygen atoms in total. The van der Waals surface area contributed by atoms with E-state index in [0.29, 0.717) is 0 Å². The van der Waals surface area contributed by atoms with Gasteiger partial charge in [0.2, 0.25) is 0 Å². The predicted molar refractivity (Wildman–Crippen MR) is 172 cm³/mol. The van der Waals surface area contributed by atoms with Crippen LogP contribution in [-0.4, -0.2) is 5.43 Å². The van der Waals surface area contributed by atoms with E-state index in [1.807, 2.05) is 35.5 Å². The number of benzene rings is 2. The van der Waals surface area contributed by atoms with Gasteiger partial charge in [0.05, 0.1) is 0 Å². The van der Waals surface area contributed by atoms with Crippen LogP contribution in [0, 0.1) is 12.1 Å². The van der Waals surface area contributed by atoms with Gasteiger partial charge in [-0.05, 0) is 28.4 Å². The molecule has 0 heterocycles. The first-order valence-electron chi connectivity index (χ1n) is 16.0. The van der Waals surface area contributed by atoms with E-state index in [-0.39, 0.29) is 41.1 Å². The summed E-state index contributed by atoms with van der Waals surface area (Å²) in [7, 11) is 0. The molecular formula is C38H52Cl2SiZr-2. The van der Waals surface area contributed by atoms with Gasteiger partial charge in [-0.1, -0.05) is 65.3 Å². The normalized spacial score (nSPS) is 17.9. The van der Waals surface area contributed by atoms with Gasteiger partial charge in [0, 0.05) is 0 Å². The Labute approximate surface area is 286 Å². The fourth-order valence-corrected chi connectivity index (χ4v) is 13.5. The van der Waals surface area contributed by atoms with E-state index in [1.54, 1.807) is 51.4 Å². The molecule has 0 unspecified atom stereocenters. The third-order valence-corrected chi connectivity index (χ3v) is 18.1. The van der Waals surface area contributed by atoms with Crippen molar-refractivity contribution >= 4 is 5.43 Å². The molecule has 4 aliphatic rings. The number of hydrogen-bond acceptors (Lipinski definition) is 0. The Kier molecular flexibility index (Phi) is 15.6. The zero-order valence-corrected chi connectivity index (χ0v) is 32.0. The summed E-state index contributed by atoms with van der Waals surface area (Å²) in [6.45, 7) is 13.6. The molecule has 0 radical (unpaired) electrons. The van der Waals surface area contributed by atoms with Crippen LogP contribution >= 0.6 is 0 Å². The maximum absolute atomic E-state index is 3.67. The zero-order valence-electron chi connectivity index (χ0n) is 27.0. The van der Waals surface area contributed by atoms with Crippen molar-refractivity contribution in [2.45, 2.75) is 141 Å². The van der Waals surface area contributed by atoms with Gasteiger partial charge in [0.15, 0.2) is 0 Å². The van der Waals surface area contributed by atoms with E-state index in [1.165, 1.54) is 57.3 Å². The van der Waals surface area contributed by atoms with Crippen molar-refractivity contribution in [1.29, 1.82) is 0 Å². The summed E-state index contributed by atoms with van der Waals surface area (Å²) in [6, 6.07) is 15.2. The second-order valence-electron chi connectivity index (χ2n) is 14.4. The van der Waals surface area contributed by atoms with Crippen LogP contribution in [0.3, 0.4) is 0 Å². The fraction of sp³-hybridized carbons (Fsp3) is 0.579. The van der Waals surface area contributed by atoms with Crippen molar-refractivity contribution in [2.75, 3.05) is 0 Å². The minimum atomic E-state index is 0. The van der Waals surface area contributed by atoms with Crippen molar-refractivity contribution in [3.8, 4) is 11.1 Å². The van der Waals surface area contributed by atoms with Gasteiger partial charge >= 0.3 is 104 Å². The van der Waals surface area contributed by atoms with Gasteiger partial charge in [-0.25, -0.2) is 12.2 Å². The predicted octanol–water partition coefficient (Wildman–Crippen LogP) is 5.16. The Bertz CT molecular complexity index is 1110. The maximum atomic E-state index is 3.67. The molecule has 0 aliphatic heterocycles. The first-order valence-corrected chi connectivity index (χ1v) is 21.4. The van der Waals surface area contributed by atoms with Crippen molar-refractivity contribution in [3.05, 3.63) is 83.0 Å². The third-order valence-electron chi connectivity index (χ3n) is 9.14. The number of halogens is 2. The summed E-state index contributed by atoms with van der Waals surface area (Å²) in [4.78, 5) is 0. The summed E-state index contributed by atoms with van der Waals surface area (Å²) >= 11 is 1.95. The van der Waals surface area contributed by atoms with Crippen LogP contribution in [-0.2, 0) is 40.6 Å². The van der Waals surface area contributed by atoms with Crippen LogP contribution in [0.25, 0.3) is 11.1 Å². The standard InChI is InChI=1S/C21H25.C12H22Si.C5H5.2ClH.Zr/c1-20(2,3)16-7-9-18-14(12-16)11-15-13-17(21(4,5)6)8-10-19(15)18;1-3-7-11(8-4-1)13-12-9-5-2-6-10-12;1-2-4-5-3-1;;;/h7-10,12H,11H2,1-6H3;11-12H,1-10H2;1-3H,4H2;2*1H;/q-1;;-1;;;+2/p-2. The van der Waals surface area contributed by atoms with Crippen LogP contribution in [0.2, 0.25) is 11.1 Å². The van der Waals surface area contributed by atoms with Gasteiger partial charge in [0.1, 0.15) is 0 Å². The van der Waals surface area contributed by atoms with E-state index in [4.69, 9.17) is 0 Å². The molecule has 0 bridgehead atoms. The Morgan fingerprint density at radius 1 is 0.738 bits per heavy atom. The number of allylic oxidation sites excluding steroid dienone is 4. The zero-order chi connectivity index (χ0) is 28.8. The van der Waals surface area contributed by atoms with Gasteiger partial charge in [-0.15, -0.1) is 17.5 Å². The summed E-state index contributed by atoms with van der Waals surface area (Å²) < 4.78 is 0. The summed E-state index contributed by atoms with van der Waals surface area (Å²) in [5, 5.41) is 0.